The third-order valence-electron chi connectivity index (χ3n) is 9.50. The summed E-state index contributed by atoms with van der Waals surface area (Å²) in [5.74, 6) is 0.580. The first-order valence-electron chi connectivity index (χ1n) is 15.5. The first-order chi connectivity index (χ1) is 21.7. The summed E-state index contributed by atoms with van der Waals surface area (Å²) in [5.41, 5.74) is 10.6. The molecule has 1 aromatic heterocycles. The van der Waals surface area contributed by atoms with Crippen molar-refractivity contribution in [2.75, 3.05) is 0 Å². The zero-order valence-electron chi connectivity index (χ0n) is 24.5. The topological polar surface area (TPSA) is 0 Å². The molecule has 9 rings (SSSR count). The Labute approximate surface area is 261 Å². The molecule has 0 spiro atoms. The largest absolute Gasteiger partial charge is 0.135 e. The van der Waals surface area contributed by atoms with Crippen LogP contribution in [0.25, 0.3) is 81.2 Å². The van der Waals surface area contributed by atoms with Crippen molar-refractivity contribution >= 4 is 59.1 Å². The Hall–Kier alpha value is -4.98. The van der Waals surface area contributed by atoms with Gasteiger partial charge in [-0.3, -0.25) is 0 Å². The van der Waals surface area contributed by atoms with Crippen LogP contribution in [0.2, 0.25) is 0 Å². The lowest BCUT2D eigenvalue weighted by Gasteiger charge is -2.18. The van der Waals surface area contributed by atoms with E-state index in [1.807, 2.05) is 11.3 Å². The summed E-state index contributed by atoms with van der Waals surface area (Å²) in [7, 11) is 0. The molecule has 1 aliphatic carbocycles. The van der Waals surface area contributed by atoms with E-state index in [9.17, 15) is 0 Å². The summed E-state index contributed by atoms with van der Waals surface area (Å²) < 4.78 is 2.69. The second-order valence-corrected chi connectivity index (χ2v) is 13.1. The number of hydrogen-bond acceptors (Lipinski definition) is 1. The molecule has 1 aliphatic rings. The highest BCUT2D eigenvalue weighted by atomic mass is 32.1. The molecule has 0 bridgehead atoms. The monoisotopic (exact) mass is 578 g/mol. The minimum atomic E-state index is 0.580. The van der Waals surface area contributed by atoms with Crippen LogP contribution in [-0.4, -0.2) is 0 Å². The zero-order chi connectivity index (χ0) is 29.2. The maximum absolute atomic E-state index is 2.43. The second kappa shape index (κ2) is 10.0. The lowest BCUT2D eigenvalue weighted by molar-refractivity contribution is 0.772. The Bertz CT molecular complexity index is 2370. The highest BCUT2D eigenvalue weighted by Gasteiger charge is 2.19. The summed E-state index contributed by atoms with van der Waals surface area (Å²) in [6.45, 7) is 2.33. The molecule has 0 fully saturated rings. The van der Waals surface area contributed by atoms with Crippen LogP contribution in [-0.2, 0) is 0 Å². The fourth-order valence-electron chi connectivity index (χ4n) is 7.40. The van der Waals surface area contributed by atoms with E-state index in [0.29, 0.717) is 5.92 Å². The first kappa shape index (κ1) is 25.5. The number of thiophene rings is 1. The number of benzene rings is 7. The molecule has 0 nitrogen and oxygen atoms in total. The van der Waals surface area contributed by atoms with E-state index in [4.69, 9.17) is 0 Å². The molecule has 8 aromatic rings. The Morgan fingerprint density at radius 1 is 0.523 bits per heavy atom. The van der Waals surface area contributed by atoms with Crippen molar-refractivity contribution < 1.29 is 0 Å². The van der Waals surface area contributed by atoms with E-state index in [1.165, 1.54) is 86.2 Å². The van der Waals surface area contributed by atoms with Crippen molar-refractivity contribution in [1.29, 1.82) is 0 Å². The minimum Gasteiger partial charge on any atom is -0.135 e. The fourth-order valence-corrected chi connectivity index (χ4v) is 8.68. The van der Waals surface area contributed by atoms with Gasteiger partial charge in [0.05, 0.1) is 0 Å². The molecule has 44 heavy (non-hydrogen) atoms. The summed E-state index contributed by atoms with van der Waals surface area (Å²) in [6, 6.07) is 49.6. The maximum Gasteiger partial charge on any atom is 0.0433 e. The lowest BCUT2D eigenvalue weighted by atomic mass is 9.86. The van der Waals surface area contributed by atoms with Crippen LogP contribution < -0.4 is 0 Å². The highest BCUT2D eigenvalue weighted by molar-refractivity contribution is 7.26. The van der Waals surface area contributed by atoms with Crippen molar-refractivity contribution in [1.82, 2.24) is 0 Å². The van der Waals surface area contributed by atoms with Gasteiger partial charge in [-0.2, -0.15) is 0 Å². The van der Waals surface area contributed by atoms with Crippen LogP contribution in [0.1, 0.15) is 30.4 Å². The number of allylic oxidation sites excluding steroid dienone is 1. The van der Waals surface area contributed by atoms with Gasteiger partial charge in [-0.15, -0.1) is 11.3 Å². The quantitative estimate of drug-likeness (QED) is 0.183. The third-order valence-corrected chi connectivity index (χ3v) is 10.7. The standard InChI is InChI=1S/C43H30S/c1-27-11-9-14-29-25-30(21-23-32(27)29)33-19-10-20-39-34-24-22-31(26-40(34)44-43(33)39)42-37-17-7-5-15-35(37)41(28-12-3-2-4-13-28)36-16-6-8-18-38(36)42/h2-10,12-27H,11H2,1H3. The highest BCUT2D eigenvalue weighted by Crippen LogP contribution is 2.46. The predicted molar refractivity (Wildman–Crippen MR) is 193 cm³/mol. The van der Waals surface area contributed by atoms with Gasteiger partial charge in [0.15, 0.2) is 0 Å². The van der Waals surface area contributed by atoms with Gasteiger partial charge in [0.2, 0.25) is 0 Å². The van der Waals surface area contributed by atoms with Gasteiger partial charge in [-0.05, 0) is 90.5 Å². The number of rotatable bonds is 3. The van der Waals surface area contributed by atoms with Gasteiger partial charge < -0.3 is 0 Å². The molecule has 0 amide bonds. The van der Waals surface area contributed by atoms with Crippen molar-refractivity contribution in [2.45, 2.75) is 19.3 Å². The van der Waals surface area contributed by atoms with Crippen molar-refractivity contribution in [2.24, 2.45) is 0 Å². The molecule has 0 radical (unpaired) electrons. The first-order valence-corrected chi connectivity index (χ1v) is 16.3. The van der Waals surface area contributed by atoms with Gasteiger partial charge in [-0.25, -0.2) is 0 Å². The SMILES string of the molecule is CC1CC=Cc2cc(-c3cccc4c3sc3cc(-c5c6ccccc6c(-c6ccccc6)c6ccccc56)ccc34)ccc21. The average Bonchev–Trinajstić information content (AvgIpc) is 3.45. The molecular weight excluding hydrogens is 549 g/mol. The van der Waals surface area contributed by atoms with Crippen LogP contribution in [0.15, 0.2) is 140 Å². The van der Waals surface area contributed by atoms with Gasteiger partial charge in [0.25, 0.3) is 0 Å². The molecule has 7 aromatic carbocycles. The molecule has 1 heteroatoms. The molecular formula is C43H30S. The molecule has 0 N–H and O–H groups in total. The smallest absolute Gasteiger partial charge is 0.0433 e. The lowest BCUT2D eigenvalue weighted by Crippen LogP contribution is -1.99. The van der Waals surface area contributed by atoms with Gasteiger partial charge >= 0.3 is 0 Å². The molecule has 208 valence electrons. The van der Waals surface area contributed by atoms with Gasteiger partial charge in [-0.1, -0.05) is 140 Å². The van der Waals surface area contributed by atoms with Gasteiger partial charge in [0.1, 0.15) is 0 Å². The second-order valence-electron chi connectivity index (χ2n) is 12.1. The summed E-state index contributed by atoms with van der Waals surface area (Å²) >= 11 is 1.92. The average molecular weight is 579 g/mol. The summed E-state index contributed by atoms with van der Waals surface area (Å²) in [4.78, 5) is 0. The van der Waals surface area contributed by atoms with E-state index in [1.54, 1.807) is 0 Å². The molecule has 0 aliphatic heterocycles. The Balaban J connectivity index is 1.27. The van der Waals surface area contributed by atoms with Crippen LogP contribution in [0.4, 0.5) is 0 Å². The third kappa shape index (κ3) is 3.90. The van der Waals surface area contributed by atoms with E-state index < -0.39 is 0 Å². The normalized spacial score (nSPS) is 14.5. The van der Waals surface area contributed by atoms with Crippen LogP contribution in [0, 0.1) is 0 Å². The Morgan fingerprint density at radius 2 is 1.16 bits per heavy atom. The molecule has 1 atom stereocenters. The number of fused-ring (bicyclic) bond motifs is 6. The minimum absolute atomic E-state index is 0.580. The molecule has 0 saturated carbocycles. The van der Waals surface area contributed by atoms with Gasteiger partial charge in [0, 0.05) is 20.2 Å². The number of hydrogen-bond donors (Lipinski definition) is 0. The Kier molecular flexibility index (Phi) is 5.82. The van der Waals surface area contributed by atoms with E-state index >= 15 is 0 Å². The Morgan fingerprint density at radius 3 is 1.89 bits per heavy atom. The van der Waals surface area contributed by atoms with Crippen molar-refractivity contribution in [3.8, 4) is 33.4 Å². The molecule has 1 heterocycles. The fraction of sp³-hybridized carbons (Fsp3) is 0.0698. The zero-order valence-corrected chi connectivity index (χ0v) is 25.4. The van der Waals surface area contributed by atoms with Crippen LogP contribution in [0.3, 0.4) is 0 Å². The van der Waals surface area contributed by atoms with Crippen molar-refractivity contribution in [3.05, 3.63) is 151 Å². The van der Waals surface area contributed by atoms with Crippen molar-refractivity contribution in [3.63, 3.8) is 0 Å². The molecule has 1 unspecified atom stereocenters. The van der Waals surface area contributed by atoms with Crippen LogP contribution in [0.5, 0.6) is 0 Å². The van der Waals surface area contributed by atoms with E-state index in [-0.39, 0.29) is 0 Å². The van der Waals surface area contributed by atoms with E-state index in [0.717, 1.165) is 6.42 Å². The van der Waals surface area contributed by atoms with Crippen LogP contribution >= 0.6 is 11.3 Å². The predicted octanol–water partition coefficient (Wildman–Crippen LogP) is 12.9. The van der Waals surface area contributed by atoms with E-state index in [2.05, 4.69) is 153 Å². The summed E-state index contributed by atoms with van der Waals surface area (Å²) in [5, 5.41) is 7.84. The maximum atomic E-state index is 2.43. The molecule has 0 saturated heterocycles. The summed E-state index contributed by atoms with van der Waals surface area (Å²) in [6.07, 6.45) is 5.74.